The maximum atomic E-state index is 11.1. The van der Waals surface area contributed by atoms with Gasteiger partial charge in [0.25, 0.3) is 10.1 Å². The molecule has 0 aliphatic heterocycles. The van der Waals surface area contributed by atoms with Crippen molar-refractivity contribution in [1.29, 1.82) is 0 Å². The predicted octanol–water partition coefficient (Wildman–Crippen LogP) is 0.854. The Balaban J connectivity index is 1.74. The first-order chi connectivity index (χ1) is 7.44. The average Bonchev–Trinajstić information content (AvgIpc) is 2.72. The van der Waals surface area contributed by atoms with Crippen molar-refractivity contribution in [2.75, 3.05) is 12.4 Å². The van der Waals surface area contributed by atoms with Gasteiger partial charge in [-0.25, -0.2) is 0 Å². The van der Waals surface area contributed by atoms with Gasteiger partial charge in [-0.1, -0.05) is 6.42 Å². The second-order valence-electron chi connectivity index (χ2n) is 4.84. The summed E-state index contributed by atoms with van der Waals surface area (Å²) in [5, 5.41) is 0. The zero-order valence-corrected chi connectivity index (χ0v) is 9.78. The Morgan fingerprint density at radius 2 is 2.06 bits per heavy atom. The molecule has 2 bridgehead atoms. The lowest BCUT2D eigenvalue weighted by atomic mass is 9.90. The third-order valence-corrected chi connectivity index (χ3v) is 4.24. The first kappa shape index (κ1) is 11.9. The van der Waals surface area contributed by atoms with E-state index < -0.39 is 21.8 Å². The smallest absolute Gasteiger partial charge is 0.323 e. The second-order valence-corrected chi connectivity index (χ2v) is 6.30. The molecule has 0 aromatic heterocycles. The van der Waals surface area contributed by atoms with Gasteiger partial charge in [-0.05, 0) is 37.0 Å². The number of esters is 1. The summed E-state index contributed by atoms with van der Waals surface area (Å²) in [6.07, 6.45) is 4.79. The van der Waals surface area contributed by atoms with Crippen LogP contribution in [0.1, 0.15) is 25.7 Å². The third kappa shape index (κ3) is 2.95. The van der Waals surface area contributed by atoms with Crippen LogP contribution < -0.4 is 0 Å². The Morgan fingerprint density at radius 3 is 2.56 bits per heavy atom. The van der Waals surface area contributed by atoms with Gasteiger partial charge in [0.1, 0.15) is 0 Å². The van der Waals surface area contributed by atoms with E-state index in [1.165, 1.54) is 19.3 Å². The lowest BCUT2D eigenvalue weighted by Crippen LogP contribution is -2.23. The standard InChI is InChI=1S/C10H16O5S/c11-10(6-16(12,13)14)15-5-9-4-7-1-2-8(9)3-7/h7-9H,1-6H2,(H,12,13,14). The van der Waals surface area contributed by atoms with E-state index in [0.29, 0.717) is 18.4 Å². The lowest BCUT2D eigenvalue weighted by molar-refractivity contribution is -0.142. The summed E-state index contributed by atoms with van der Waals surface area (Å²) in [4.78, 5) is 11.1. The molecular weight excluding hydrogens is 232 g/mol. The highest BCUT2D eigenvalue weighted by Gasteiger charge is 2.39. The van der Waals surface area contributed by atoms with Crippen LogP contribution in [0.3, 0.4) is 0 Å². The van der Waals surface area contributed by atoms with Gasteiger partial charge in [-0.15, -0.1) is 0 Å². The second kappa shape index (κ2) is 4.33. The van der Waals surface area contributed by atoms with Gasteiger partial charge in [-0.3, -0.25) is 9.35 Å². The first-order valence-electron chi connectivity index (χ1n) is 5.55. The fraction of sp³-hybridized carbons (Fsp3) is 0.900. The molecule has 0 radical (unpaired) electrons. The summed E-state index contributed by atoms with van der Waals surface area (Å²) in [5.41, 5.74) is 0. The number of ether oxygens (including phenoxy) is 1. The van der Waals surface area contributed by atoms with Crippen LogP contribution in [0.2, 0.25) is 0 Å². The molecule has 5 nitrogen and oxygen atoms in total. The lowest BCUT2D eigenvalue weighted by Gasteiger charge is -2.20. The fourth-order valence-corrected chi connectivity index (χ4v) is 3.35. The zero-order chi connectivity index (χ0) is 11.8. The van der Waals surface area contributed by atoms with E-state index in [4.69, 9.17) is 9.29 Å². The summed E-state index contributed by atoms with van der Waals surface area (Å²) in [5.74, 6) is 0.0153. The highest BCUT2D eigenvalue weighted by molar-refractivity contribution is 7.86. The predicted molar refractivity (Wildman–Crippen MR) is 56.3 cm³/mol. The SMILES string of the molecule is O=C(CS(=O)(=O)O)OCC1CC2CCC1C2. The number of carbonyl (C=O) groups excluding carboxylic acids is 1. The van der Waals surface area contributed by atoms with E-state index in [9.17, 15) is 13.2 Å². The number of carbonyl (C=O) groups is 1. The first-order valence-corrected chi connectivity index (χ1v) is 7.16. The number of hydrogen-bond acceptors (Lipinski definition) is 4. The summed E-state index contributed by atoms with van der Waals surface area (Å²) in [6.45, 7) is 0.301. The van der Waals surface area contributed by atoms with Gasteiger partial charge in [-0.2, -0.15) is 8.42 Å². The molecule has 2 rings (SSSR count). The molecule has 1 N–H and O–H groups in total. The molecule has 16 heavy (non-hydrogen) atoms. The molecule has 0 aromatic carbocycles. The molecule has 6 heteroatoms. The maximum absolute atomic E-state index is 11.1. The van der Waals surface area contributed by atoms with Gasteiger partial charge in [0.2, 0.25) is 0 Å². The normalized spacial score (nSPS) is 32.9. The highest BCUT2D eigenvalue weighted by Crippen LogP contribution is 2.48. The average molecular weight is 248 g/mol. The molecule has 2 aliphatic carbocycles. The van der Waals surface area contributed by atoms with Gasteiger partial charge in [0.05, 0.1) is 6.61 Å². The summed E-state index contributed by atoms with van der Waals surface area (Å²) >= 11 is 0. The van der Waals surface area contributed by atoms with Crippen molar-refractivity contribution in [3.8, 4) is 0 Å². The molecule has 0 aromatic rings. The molecule has 0 heterocycles. The summed E-state index contributed by atoms with van der Waals surface area (Å²) < 4.78 is 34.2. The van der Waals surface area contributed by atoms with E-state index in [-0.39, 0.29) is 0 Å². The number of fused-ring (bicyclic) bond motifs is 2. The van der Waals surface area contributed by atoms with Crippen LogP contribution in [-0.2, 0) is 19.6 Å². The minimum atomic E-state index is -4.25. The fourth-order valence-electron chi connectivity index (χ4n) is 2.97. The van der Waals surface area contributed by atoms with Gasteiger partial charge < -0.3 is 4.74 Å². The largest absolute Gasteiger partial charge is 0.465 e. The number of hydrogen-bond donors (Lipinski definition) is 1. The molecule has 0 saturated heterocycles. The van der Waals surface area contributed by atoms with E-state index in [0.717, 1.165) is 12.3 Å². The minimum Gasteiger partial charge on any atom is -0.465 e. The van der Waals surface area contributed by atoms with Crippen LogP contribution in [0.5, 0.6) is 0 Å². The highest BCUT2D eigenvalue weighted by atomic mass is 32.2. The molecule has 92 valence electrons. The summed E-state index contributed by atoms with van der Waals surface area (Å²) in [7, 11) is -4.25. The molecule has 0 spiro atoms. The zero-order valence-electron chi connectivity index (χ0n) is 8.96. The van der Waals surface area contributed by atoms with E-state index in [2.05, 4.69) is 0 Å². The Labute approximate surface area is 94.9 Å². The Morgan fingerprint density at radius 1 is 1.31 bits per heavy atom. The van der Waals surface area contributed by atoms with Gasteiger partial charge in [0.15, 0.2) is 5.75 Å². The van der Waals surface area contributed by atoms with Gasteiger partial charge in [0, 0.05) is 0 Å². The topological polar surface area (TPSA) is 80.7 Å². The Hall–Kier alpha value is -0.620. The van der Waals surface area contributed by atoms with Crippen LogP contribution in [0.25, 0.3) is 0 Å². The quantitative estimate of drug-likeness (QED) is 0.589. The van der Waals surface area contributed by atoms with Crippen molar-refractivity contribution in [1.82, 2.24) is 0 Å². The minimum absolute atomic E-state index is 0.301. The van der Waals surface area contributed by atoms with Crippen LogP contribution >= 0.6 is 0 Å². The van der Waals surface area contributed by atoms with Crippen molar-refractivity contribution in [3.63, 3.8) is 0 Å². The van der Waals surface area contributed by atoms with Crippen LogP contribution in [0.15, 0.2) is 0 Å². The van der Waals surface area contributed by atoms with Crippen molar-refractivity contribution < 1.29 is 22.5 Å². The third-order valence-electron chi connectivity index (χ3n) is 3.64. The van der Waals surface area contributed by atoms with Crippen LogP contribution in [0, 0.1) is 17.8 Å². The number of rotatable bonds is 4. The van der Waals surface area contributed by atoms with Crippen molar-refractivity contribution in [2.45, 2.75) is 25.7 Å². The molecule has 3 unspecified atom stereocenters. The molecule has 2 aliphatic rings. The van der Waals surface area contributed by atoms with Crippen molar-refractivity contribution in [3.05, 3.63) is 0 Å². The molecular formula is C10H16O5S. The van der Waals surface area contributed by atoms with E-state index >= 15 is 0 Å². The van der Waals surface area contributed by atoms with Crippen molar-refractivity contribution >= 4 is 16.1 Å². The van der Waals surface area contributed by atoms with Gasteiger partial charge >= 0.3 is 5.97 Å². The molecule has 3 atom stereocenters. The van der Waals surface area contributed by atoms with E-state index in [1.54, 1.807) is 0 Å². The van der Waals surface area contributed by atoms with Crippen LogP contribution in [-0.4, -0.2) is 31.3 Å². The molecule has 2 fully saturated rings. The Bertz CT molecular complexity index is 375. The maximum Gasteiger partial charge on any atom is 0.323 e. The Kier molecular flexibility index (Phi) is 3.21. The van der Waals surface area contributed by atoms with E-state index in [1.807, 2.05) is 0 Å². The van der Waals surface area contributed by atoms with Crippen LogP contribution in [0.4, 0.5) is 0 Å². The summed E-state index contributed by atoms with van der Waals surface area (Å²) in [6, 6.07) is 0. The molecule has 0 amide bonds. The van der Waals surface area contributed by atoms with Crippen molar-refractivity contribution in [2.24, 2.45) is 17.8 Å². The monoisotopic (exact) mass is 248 g/mol. The molecule has 2 saturated carbocycles.